The van der Waals surface area contributed by atoms with Crippen molar-refractivity contribution in [1.82, 2.24) is 0 Å². The van der Waals surface area contributed by atoms with Gasteiger partial charge in [0.05, 0.1) is 6.10 Å². The van der Waals surface area contributed by atoms with Gasteiger partial charge in [-0.3, -0.25) is 0 Å². The molecule has 1 spiro atoms. The molecular formula is C16H22ClNO. The van der Waals surface area contributed by atoms with E-state index in [-0.39, 0.29) is 0 Å². The molecule has 1 aromatic carbocycles. The third-order valence-electron chi connectivity index (χ3n) is 4.95. The van der Waals surface area contributed by atoms with Crippen molar-refractivity contribution >= 4 is 17.3 Å². The number of anilines is 1. The Morgan fingerprint density at radius 1 is 1.42 bits per heavy atom. The van der Waals surface area contributed by atoms with Crippen LogP contribution in [0.4, 0.5) is 5.69 Å². The third kappa shape index (κ3) is 2.15. The van der Waals surface area contributed by atoms with Crippen molar-refractivity contribution < 1.29 is 4.74 Å². The van der Waals surface area contributed by atoms with Gasteiger partial charge in [0.2, 0.25) is 0 Å². The molecule has 0 heterocycles. The number of hydrogen-bond acceptors (Lipinski definition) is 2. The Labute approximate surface area is 120 Å². The minimum Gasteiger partial charge on any atom is -0.382 e. The Balaban J connectivity index is 1.69. The van der Waals surface area contributed by atoms with Gasteiger partial charge >= 0.3 is 0 Å². The topological polar surface area (TPSA) is 21.3 Å². The average molecular weight is 280 g/mol. The summed E-state index contributed by atoms with van der Waals surface area (Å²) in [4.78, 5) is 0. The molecule has 2 fully saturated rings. The number of nitrogens with one attached hydrogen (secondary N) is 1. The highest BCUT2D eigenvalue weighted by atomic mass is 35.5. The van der Waals surface area contributed by atoms with Gasteiger partial charge in [-0.2, -0.15) is 0 Å². The van der Waals surface area contributed by atoms with Crippen molar-refractivity contribution in [1.29, 1.82) is 0 Å². The normalized spacial score (nSPS) is 27.7. The summed E-state index contributed by atoms with van der Waals surface area (Å²) in [6.45, 7) is 4.95. The van der Waals surface area contributed by atoms with Crippen LogP contribution in [0.1, 0.15) is 38.2 Å². The van der Waals surface area contributed by atoms with E-state index in [2.05, 4.69) is 24.4 Å². The zero-order valence-electron chi connectivity index (χ0n) is 11.7. The van der Waals surface area contributed by atoms with Gasteiger partial charge in [0.15, 0.2) is 0 Å². The SMILES string of the molecule is CCOC1CC(Nc2ccc(C)c(Cl)c2)C12CCC2. The summed E-state index contributed by atoms with van der Waals surface area (Å²) in [5.74, 6) is 0. The summed E-state index contributed by atoms with van der Waals surface area (Å²) in [7, 11) is 0. The van der Waals surface area contributed by atoms with Crippen LogP contribution in [0.5, 0.6) is 0 Å². The number of rotatable bonds is 4. The van der Waals surface area contributed by atoms with Gasteiger partial charge < -0.3 is 10.1 Å². The Morgan fingerprint density at radius 3 is 2.79 bits per heavy atom. The second-order valence-electron chi connectivity index (χ2n) is 5.93. The number of halogens is 1. The van der Waals surface area contributed by atoms with Crippen molar-refractivity contribution in [3.8, 4) is 0 Å². The van der Waals surface area contributed by atoms with Crippen molar-refractivity contribution in [3.05, 3.63) is 28.8 Å². The number of aryl methyl sites for hydroxylation is 1. The molecule has 3 heteroatoms. The second-order valence-corrected chi connectivity index (χ2v) is 6.33. The summed E-state index contributed by atoms with van der Waals surface area (Å²) >= 11 is 6.19. The molecule has 0 saturated heterocycles. The molecule has 0 radical (unpaired) electrons. The van der Waals surface area contributed by atoms with E-state index in [0.717, 1.165) is 29.3 Å². The first-order valence-corrected chi connectivity index (χ1v) is 7.68. The molecule has 104 valence electrons. The largest absolute Gasteiger partial charge is 0.382 e. The van der Waals surface area contributed by atoms with E-state index >= 15 is 0 Å². The Hall–Kier alpha value is -0.730. The van der Waals surface area contributed by atoms with Crippen LogP contribution in [0.15, 0.2) is 18.2 Å². The van der Waals surface area contributed by atoms with E-state index in [1.165, 1.54) is 19.3 Å². The van der Waals surface area contributed by atoms with Crippen molar-refractivity contribution in [3.63, 3.8) is 0 Å². The van der Waals surface area contributed by atoms with Crippen LogP contribution in [0.2, 0.25) is 5.02 Å². The van der Waals surface area contributed by atoms with Gasteiger partial charge in [0.25, 0.3) is 0 Å². The lowest BCUT2D eigenvalue weighted by Gasteiger charge is -2.61. The van der Waals surface area contributed by atoms with E-state index < -0.39 is 0 Å². The summed E-state index contributed by atoms with van der Waals surface area (Å²) < 4.78 is 5.88. The van der Waals surface area contributed by atoms with Crippen LogP contribution in [-0.4, -0.2) is 18.8 Å². The Kier molecular flexibility index (Phi) is 3.48. The minimum absolute atomic E-state index is 0.396. The van der Waals surface area contributed by atoms with Crippen LogP contribution >= 0.6 is 11.6 Å². The van der Waals surface area contributed by atoms with Crippen LogP contribution in [0.25, 0.3) is 0 Å². The van der Waals surface area contributed by atoms with E-state index in [1.807, 2.05) is 13.0 Å². The summed E-state index contributed by atoms with van der Waals surface area (Å²) in [6.07, 6.45) is 5.53. The van der Waals surface area contributed by atoms with E-state index in [9.17, 15) is 0 Å². The molecule has 0 aliphatic heterocycles. The van der Waals surface area contributed by atoms with Gasteiger partial charge in [0, 0.05) is 28.8 Å². The van der Waals surface area contributed by atoms with Crippen LogP contribution in [0, 0.1) is 12.3 Å². The molecule has 1 aromatic rings. The summed E-state index contributed by atoms with van der Waals surface area (Å²) in [5, 5.41) is 4.50. The lowest BCUT2D eigenvalue weighted by atomic mass is 9.51. The first-order valence-electron chi connectivity index (χ1n) is 7.30. The van der Waals surface area contributed by atoms with Gasteiger partial charge in [-0.25, -0.2) is 0 Å². The maximum absolute atomic E-state index is 6.19. The second kappa shape index (κ2) is 4.99. The maximum atomic E-state index is 6.19. The smallest absolute Gasteiger partial charge is 0.0670 e. The van der Waals surface area contributed by atoms with Crippen molar-refractivity contribution in [2.75, 3.05) is 11.9 Å². The zero-order valence-corrected chi connectivity index (χ0v) is 12.5. The quantitative estimate of drug-likeness (QED) is 0.882. The van der Waals surface area contributed by atoms with Crippen molar-refractivity contribution in [2.45, 2.75) is 51.7 Å². The molecule has 2 nitrogen and oxygen atoms in total. The van der Waals surface area contributed by atoms with Gasteiger partial charge in [0.1, 0.15) is 0 Å². The van der Waals surface area contributed by atoms with Gasteiger partial charge in [-0.1, -0.05) is 24.1 Å². The van der Waals surface area contributed by atoms with Gasteiger partial charge in [-0.15, -0.1) is 0 Å². The molecule has 0 bridgehead atoms. The molecule has 0 aromatic heterocycles. The Morgan fingerprint density at radius 2 is 2.21 bits per heavy atom. The summed E-state index contributed by atoms with van der Waals surface area (Å²) in [5.41, 5.74) is 2.67. The van der Waals surface area contributed by atoms with Crippen LogP contribution < -0.4 is 5.32 Å². The predicted molar refractivity (Wildman–Crippen MR) is 79.9 cm³/mol. The minimum atomic E-state index is 0.396. The molecule has 2 unspecified atom stereocenters. The fourth-order valence-corrected chi connectivity index (χ4v) is 3.71. The molecule has 1 N–H and O–H groups in total. The molecule has 2 saturated carbocycles. The van der Waals surface area contributed by atoms with Gasteiger partial charge in [-0.05, 0) is 50.8 Å². The monoisotopic (exact) mass is 279 g/mol. The predicted octanol–water partition coefficient (Wildman–Crippen LogP) is 4.41. The lowest BCUT2D eigenvalue weighted by molar-refractivity contribution is -0.157. The molecular weight excluding hydrogens is 258 g/mol. The number of ether oxygens (including phenoxy) is 1. The highest BCUT2D eigenvalue weighted by Crippen LogP contribution is 2.58. The number of hydrogen-bond donors (Lipinski definition) is 1. The molecule has 0 amide bonds. The highest BCUT2D eigenvalue weighted by Gasteiger charge is 2.58. The molecule has 3 rings (SSSR count). The average Bonchev–Trinajstić information content (AvgIpc) is 2.30. The van der Waals surface area contributed by atoms with E-state index in [1.54, 1.807) is 0 Å². The number of benzene rings is 1. The molecule has 2 atom stereocenters. The Bertz CT molecular complexity index is 470. The van der Waals surface area contributed by atoms with Crippen molar-refractivity contribution in [2.24, 2.45) is 5.41 Å². The third-order valence-corrected chi connectivity index (χ3v) is 5.36. The first-order chi connectivity index (χ1) is 9.15. The highest BCUT2D eigenvalue weighted by molar-refractivity contribution is 6.31. The molecule has 2 aliphatic carbocycles. The fraction of sp³-hybridized carbons (Fsp3) is 0.625. The lowest BCUT2D eigenvalue weighted by Crippen LogP contribution is -2.64. The van der Waals surface area contributed by atoms with E-state index in [0.29, 0.717) is 17.6 Å². The molecule has 19 heavy (non-hydrogen) atoms. The van der Waals surface area contributed by atoms with E-state index in [4.69, 9.17) is 16.3 Å². The summed E-state index contributed by atoms with van der Waals surface area (Å²) in [6, 6.07) is 6.80. The maximum Gasteiger partial charge on any atom is 0.0670 e. The van der Waals surface area contributed by atoms with Crippen LogP contribution in [-0.2, 0) is 4.74 Å². The zero-order chi connectivity index (χ0) is 13.5. The first kappa shape index (κ1) is 13.3. The standard InChI is InChI=1S/C16H22ClNO/c1-3-19-15-10-14(16(15)7-4-8-16)18-12-6-5-11(2)13(17)9-12/h5-6,9,14-15,18H,3-4,7-8,10H2,1-2H3. The van der Waals surface area contributed by atoms with Crippen LogP contribution in [0.3, 0.4) is 0 Å². The molecule has 2 aliphatic rings. The fourth-order valence-electron chi connectivity index (χ4n) is 3.52.